The molecular formula is C10H12ClN5O3. The van der Waals surface area contributed by atoms with E-state index in [1.54, 1.807) is 4.57 Å². The highest BCUT2D eigenvalue weighted by atomic mass is 35.5. The van der Waals surface area contributed by atoms with E-state index in [1.165, 1.54) is 6.33 Å². The fourth-order valence-electron chi connectivity index (χ4n) is 2.23. The third kappa shape index (κ3) is 1.84. The fraction of sp³-hybridized carbons (Fsp3) is 0.500. The van der Waals surface area contributed by atoms with E-state index in [0.29, 0.717) is 11.2 Å². The molecule has 0 unspecified atom stereocenters. The van der Waals surface area contributed by atoms with Gasteiger partial charge in [-0.3, -0.25) is 4.57 Å². The molecule has 102 valence electrons. The number of nitrogens with two attached hydrogens (primary N) is 1. The van der Waals surface area contributed by atoms with Crippen LogP contribution in [0.5, 0.6) is 0 Å². The maximum atomic E-state index is 9.33. The number of imidazole rings is 1. The highest BCUT2D eigenvalue weighted by Gasteiger charge is 2.43. The number of fused-ring (bicyclic) bond motifs is 1. The summed E-state index contributed by atoms with van der Waals surface area (Å²) in [6.45, 7) is -0.254. The number of aliphatic hydroxyl groups excluding tert-OH is 2. The molecule has 19 heavy (non-hydrogen) atoms. The minimum Gasteiger partial charge on any atom is -0.396 e. The van der Waals surface area contributed by atoms with Gasteiger partial charge in [-0.15, -0.1) is 0 Å². The van der Waals surface area contributed by atoms with Crippen LogP contribution in [0.25, 0.3) is 11.2 Å². The van der Waals surface area contributed by atoms with Gasteiger partial charge in [-0.05, 0) is 11.6 Å². The van der Waals surface area contributed by atoms with Gasteiger partial charge in [0.05, 0.1) is 31.6 Å². The first-order chi connectivity index (χ1) is 9.15. The Balaban J connectivity index is 2.02. The lowest BCUT2D eigenvalue weighted by atomic mass is 9.95. The van der Waals surface area contributed by atoms with Crippen molar-refractivity contribution in [2.24, 2.45) is 5.92 Å². The van der Waals surface area contributed by atoms with Gasteiger partial charge in [-0.25, -0.2) is 4.98 Å². The van der Waals surface area contributed by atoms with Crippen LogP contribution >= 0.6 is 11.6 Å². The molecule has 0 aromatic carbocycles. The Morgan fingerprint density at radius 1 is 1.37 bits per heavy atom. The van der Waals surface area contributed by atoms with Crippen molar-refractivity contribution in [3.05, 3.63) is 11.6 Å². The predicted molar refractivity (Wildman–Crippen MR) is 66.3 cm³/mol. The maximum absolute atomic E-state index is 9.33. The summed E-state index contributed by atoms with van der Waals surface area (Å²) in [5.74, 6) is -0.0373. The number of rotatable bonds is 3. The molecule has 0 aliphatic carbocycles. The zero-order valence-electron chi connectivity index (χ0n) is 9.77. The molecule has 8 nitrogen and oxygen atoms in total. The summed E-state index contributed by atoms with van der Waals surface area (Å²) in [4.78, 5) is 12.0. The molecule has 3 heterocycles. The molecule has 0 radical (unpaired) electrons. The molecule has 0 amide bonds. The number of nitrogens with zero attached hydrogens (tertiary/aromatic N) is 4. The molecule has 0 spiro atoms. The minimum atomic E-state index is -0.447. The number of hydrogen-bond donors (Lipinski definition) is 3. The first-order valence-electron chi connectivity index (χ1n) is 5.68. The van der Waals surface area contributed by atoms with E-state index in [9.17, 15) is 5.11 Å². The summed E-state index contributed by atoms with van der Waals surface area (Å²) >= 11 is 5.77. The predicted octanol–water partition coefficient (Wildman–Crippen LogP) is -0.440. The summed E-state index contributed by atoms with van der Waals surface area (Å²) in [5.41, 5.74) is 6.58. The molecule has 2 aromatic rings. The van der Waals surface area contributed by atoms with E-state index in [1.807, 2.05) is 0 Å². The van der Waals surface area contributed by atoms with Crippen LogP contribution in [0, 0.1) is 5.92 Å². The number of hydrogen-bond acceptors (Lipinski definition) is 7. The van der Waals surface area contributed by atoms with Crippen molar-refractivity contribution < 1.29 is 14.9 Å². The summed E-state index contributed by atoms with van der Waals surface area (Å²) in [6, 6.07) is 0. The fourth-order valence-corrected chi connectivity index (χ4v) is 2.40. The second-order valence-corrected chi connectivity index (χ2v) is 4.63. The highest BCUT2D eigenvalue weighted by Crippen LogP contribution is 2.38. The maximum Gasteiger partial charge on any atom is 0.226 e. The summed E-state index contributed by atoms with van der Waals surface area (Å²) in [6.07, 6.45) is 0.673. The van der Waals surface area contributed by atoms with E-state index in [4.69, 9.17) is 27.2 Å². The molecule has 0 bridgehead atoms. The second-order valence-electron chi connectivity index (χ2n) is 4.30. The lowest BCUT2D eigenvalue weighted by molar-refractivity contribution is -0.243. The second kappa shape index (κ2) is 4.57. The topological polar surface area (TPSA) is 119 Å². The Morgan fingerprint density at radius 2 is 2.16 bits per heavy atom. The quantitative estimate of drug-likeness (QED) is 0.654. The lowest BCUT2D eigenvalue weighted by Crippen LogP contribution is -2.49. The van der Waals surface area contributed by atoms with Gasteiger partial charge >= 0.3 is 0 Å². The van der Waals surface area contributed by atoms with Crippen molar-refractivity contribution in [1.82, 2.24) is 19.5 Å². The molecule has 3 atom stereocenters. The molecule has 4 N–H and O–H groups in total. The number of ether oxygens (including phenoxy) is 1. The van der Waals surface area contributed by atoms with Crippen LogP contribution in [0.1, 0.15) is 6.23 Å². The largest absolute Gasteiger partial charge is 0.396 e. The first-order valence-corrected chi connectivity index (χ1v) is 6.06. The Bertz CT molecular complexity index is 618. The standard InChI is InChI=1S/C10H12ClN5O3/c11-10-14-7(12)6-8(15-10)16(3-13-6)9-4(1-17)5(2-18)19-9/h3-5,9,17-18H,1-2H2,(H2,12,14,15)/t4-,5-,9-/m1/s1. The number of aliphatic hydroxyl groups is 2. The molecule has 2 aromatic heterocycles. The zero-order chi connectivity index (χ0) is 13.6. The summed E-state index contributed by atoms with van der Waals surface area (Å²) in [5, 5.41) is 18.4. The molecular weight excluding hydrogens is 274 g/mol. The van der Waals surface area contributed by atoms with Crippen molar-refractivity contribution in [3.63, 3.8) is 0 Å². The molecule has 3 rings (SSSR count). The van der Waals surface area contributed by atoms with Gasteiger partial charge in [0.2, 0.25) is 5.28 Å². The SMILES string of the molecule is Nc1nc(Cl)nc2c1ncn2[C@@H]1O[C@H](CO)[C@H]1CO. The number of aromatic nitrogens is 4. The van der Waals surface area contributed by atoms with Gasteiger partial charge in [0.25, 0.3) is 0 Å². The van der Waals surface area contributed by atoms with Crippen molar-refractivity contribution in [2.45, 2.75) is 12.3 Å². The zero-order valence-corrected chi connectivity index (χ0v) is 10.5. The molecule has 1 aliphatic heterocycles. The van der Waals surface area contributed by atoms with Crippen molar-refractivity contribution in [3.8, 4) is 0 Å². The molecule has 9 heteroatoms. The number of halogens is 1. The van der Waals surface area contributed by atoms with Crippen LogP contribution < -0.4 is 5.73 Å². The van der Waals surface area contributed by atoms with E-state index >= 15 is 0 Å². The van der Waals surface area contributed by atoms with E-state index < -0.39 is 6.23 Å². The van der Waals surface area contributed by atoms with Crippen LogP contribution in [-0.4, -0.2) is 49.0 Å². The normalized spacial score (nSPS) is 26.6. The molecule has 1 aliphatic rings. The van der Waals surface area contributed by atoms with Crippen LogP contribution in [0.4, 0.5) is 5.82 Å². The first kappa shape index (κ1) is 12.5. The monoisotopic (exact) mass is 285 g/mol. The van der Waals surface area contributed by atoms with Gasteiger partial charge in [0.15, 0.2) is 11.5 Å². The van der Waals surface area contributed by atoms with E-state index in [0.717, 1.165) is 0 Å². The third-order valence-corrected chi connectivity index (χ3v) is 3.41. The third-order valence-electron chi connectivity index (χ3n) is 3.24. The molecule has 1 saturated heterocycles. The summed E-state index contributed by atoms with van der Waals surface area (Å²) in [7, 11) is 0. The Morgan fingerprint density at radius 3 is 2.84 bits per heavy atom. The van der Waals surface area contributed by atoms with Crippen LogP contribution in [-0.2, 0) is 4.74 Å². The van der Waals surface area contributed by atoms with Gasteiger partial charge in [0.1, 0.15) is 11.7 Å². The molecule has 0 saturated carbocycles. The van der Waals surface area contributed by atoms with Gasteiger partial charge in [-0.2, -0.15) is 9.97 Å². The van der Waals surface area contributed by atoms with Crippen LogP contribution in [0.3, 0.4) is 0 Å². The van der Waals surface area contributed by atoms with Gasteiger partial charge in [0, 0.05) is 0 Å². The average molecular weight is 286 g/mol. The van der Waals surface area contributed by atoms with Crippen molar-refractivity contribution in [2.75, 3.05) is 18.9 Å². The van der Waals surface area contributed by atoms with Crippen LogP contribution in [0.15, 0.2) is 6.33 Å². The van der Waals surface area contributed by atoms with Crippen LogP contribution in [0.2, 0.25) is 5.28 Å². The van der Waals surface area contributed by atoms with E-state index in [-0.39, 0.29) is 36.3 Å². The Kier molecular flexibility index (Phi) is 3.02. The smallest absolute Gasteiger partial charge is 0.226 e. The molecule has 1 fully saturated rings. The Labute approximate surface area is 112 Å². The summed E-state index contributed by atoms with van der Waals surface area (Å²) < 4.78 is 7.12. The number of anilines is 1. The highest BCUT2D eigenvalue weighted by molar-refractivity contribution is 6.28. The lowest BCUT2D eigenvalue weighted by Gasteiger charge is -2.43. The van der Waals surface area contributed by atoms with E-state index in [2.05, 4.69) is 15.0 Å². The Hall–Kier alpha value is -1.48. The average Bonchev–Trinajstić information content (AvgIpc) is 2.73. The van der Waals surface area contributed by atoms with Crippen molar-refractivity contribution in [1.29, 1.82) is 0 Å². The van der Waals surface area contributed by atoms with Crippen molar-refractivity contribution >= 4 is 28.6 Å². The minimum absolute atomic E-state index is 0.0188. The van der Waals surface area contributed by atoms with Gasteiger partial charge in [-0.1, -0.05) is 0 Å². The number of nitrogen functional groups attached to an aromatic ring is 1. The van der Waals surface area contributed by atoms with Gasteiger partial charge < -0.3 is 20.7 Å².